The minimum absolute atomic E-state index is 0.148. The Hall–Kier alpha value is -4.47. The number of aromatic nitrogens is 1. The number of nitrogens with zero attached hydrogens (tertiary/aromatic N) is 3. The SMILES string of the molecule is CCCC[C@@H](C(=O)C(=O)NC(C)c1ccccc1)N(C(=O)O)C1CC(C)(C)CN1C(=O)c1c(-c2ccccc2)noc1C. The number of benzene rings is 2. The van der Waals surface area contributed by atoms with E-state index < -0.39 is 47.4 Å². The molecule has 10 nitrogen and oxygen atoms in total. The van der Waals surface area contributed by atoms with E-state index in [1.165, 1.54) is 4.90 Å². The van der Waals surface area contributed by atoms with Crippen molar-refractivity contribution in [1.29, 1.82) is 0 Å². The third kappa shape index (κ3) is 6.96. The number of carbonyl (C=O) groups is 4. The zero-order chi connectivity index (χ0) is 31.3. The minimum Gasteiger partial charge on any atom is -0.465 e. The smallest absolute Gasteiger partial charge is 0.409 e. The van der Waals surface area contributed by atoms with Gasteiger partial charge in [0, 0.05) is 12.1 Å². The lowest BCUT2D eigenvalue weighted by Crippen LogP contribution is -2.58. The first-order chi connectivity index (χ1) is 20.4. The second-order valence-electron chi connectivity index (χ2n) is 11.9. The molecule has 1 aromatic heterocycles. The molecule has 3 atom stereocenters. The van der Waals surface area contributed by atoms with Crippen LogP contribution < -0.4 is 5.32 Å². The van der Waals surface area contributed by atoms with Crippen LogP contribution in [0.25, 0.3) is 11.3 Å². The molecule has 10 heteroatoms. The van der Waals surface area contributed by atoms with Crippen LogP contribution in [0, 0.1) is 12.3 Å². The summed E-state index contributed by atoms with van der Waals surface area (Å²) in [6.45, 7) is 9.47. The van der Waals surface area contributed by atoms with Crippen LogP contribution in [0.4, 0.5) is 4.79 Å². The number of rotatable bonds is 11. The number of aryl methyl sites for hydroxylation is 1. The van der Waals surface area contributed by atoms with Crippen LogP contribution in [0.1, 0.15) is 81.1 Å². The molecule has 2 heterocycles. The maximum atomic E-state index is 14.2. The maximum absolute atomic E-state index is 14.2. The molecular weight excluding hydrogens is 548 g/mol. The summed E-state index contributed by atoms with van der Waals surface area (Å²) in [7, 11) is 0. The van der Waals surface area contributed by atoms with E-state index in [0.29, 0.717) is 29.9 Å². The number of amides is 3. The van der Waals surface area contributed by atoms with Crippen molar-refractivity contribution in [2.45, 2.75) is 78.6 Å². The molecule has 2 N–H and O–H groups in total. The van der Waals surface area contributed by atoms with Crippen molar-refractivity contribution in [3.05, 3.63) is 77.6 Å². The van der Waals surface area contributed by atoms with Crippen molar-refractivity contribution in [3.8, 4) is 11.3 Å². The van der Waals surface area contributed by atoms with Gasteiger partial charge in [0.15, 0.2) is 0 Å². The fourth-order valence-electron chi connectivity index (χ4n) is 5.76. The van der Waals surface area contributed by atoms with Gasteiger partial charge in [-0.05, 0) is 37.7 Å². The van der Waals surface area contributed by atoms with E-state index in [4.69, 9.17) is 4.52 Å². The largest absolute Gasteiger partial charge is 0.465 e. The predicted molar refractivity (Wildman–Crippen MR) is 161 cm³/mol. The number of Topliss-reactive ketones (excluding diaryl/α,β-unsaturated/α-hetero) is 1. The van der Waals surface area contributed by atoms with E-state index in [1.54, 1.807) is 13.8 Å². The van der Waals surface area contributed by atoms with E-state index >= 15 is 0 Å². The molecule has 1 fully saturated rings. The first-order valence-corrected chi connectivity index (χ1v) is 14.7. The van der Waals surface area contributed by atoms with Gasteiger partial charge in [-0.3, -0.25) is 19.3 Å². The molecule has 0 aliphatic carbocycles. The van der Waals surface area contributed by atoms with Gasteiger partial charge in [-0.1, -0.05) is 99.4 Å². The van der Waals surface area contributed by atoms with Crippen LogP contribution in [0.15, 0.2) is 65.2 Å². The monoisotopic (exact) mass is 588 g/mol. The first-order valence-electron chi connectivity index (χ1n) is 14.7. The second kappa shape index (κ2) is 13.2. The molecule has 1 aliphatic heterocycles. The molecule has 43 heavy (non-hydrogen) atoms. The topological polar surface area (TPSA) is 133 Å². The van der Waals surface area contributed by atoms with Crippen molar-refractivity contribution in [2.24, 2.45) is 5.41 Å². The Labute approximate surface area is 252 Å². The Morgan fingerprint density at radius 3 is 2.33 bits per heavy atom. The Kier molecular flexibility index (Phi) is 9.68. The van der Waals surface area contributed by atoms with Crippen LogP contribution in [0.5, 0.6) is 0 Å². The van der Waals surface area contributed by atoms with Gasteiger partial charge in [0.1, 0.15) is 29.2 Å². The number of nitrogens with one attached hydrogen (secondary N) is 1. The van der Waals surface area contributed by atoms with Crippen LogP contribution in [0.2, 0.25) is 0 Å². The number of unbranched alkanes of at least 4 members (excludes halogenated alkanes) is 1. The Bertz CT molecular complexity index is 1450. The van der Waals surface area contributed by atoms with E-state index in [-0.39, 0.29) is 24.9 Å². The lowest BCUT2D eigenvalue weighted by atomic mass is 9.91. The molecule has 4 rings (SSSR count). The third-order valence-electron chi connectivity index (χ3n) is 7.96. The van der Waals surface area contributed by atoms with Crippen LogP contribution in [-0.2, 0) is 9.59 Å². The van der Waals surface area contributed by atoms with Gasteiger partial charge in [-0.15, -0.1) is 0 Å². The highest BCUT2D eigenvalue weighted by Crippen LogP contribution is 2.39. The number of hydrogen-bond donors (Lipinski definition) is 2. The van der Waals surface area contributed by atoms with Crippen LogP contribution >= 0.6 is 0 Å². The molecule has 0 saturated carbocycles. The Morgan fingerprint density at radius 2 is 1.72 bits per heavy atom. The van der Waals surface area contributed by atoms with Gasteiger partial charge >= 0.3 is 6.09 Å². The number of carbonyl (C=O) groups excluding carboxylic acids is 3. The number of carboxylic acid groups (broad SMARTS) is 1. The third-order valence-corrected chi connectivity index (χ3v) is 7.96. The second-order valence-corrected chi connectivity index (χ2v) is 11.9. The normalized spacial score (nSPS) is 17.2. The van der Waals surface area contributed by atoms with Crippen molar-refractivity contribution in [3.63, 3.8) is 0 Å². The van der Waals surface area contributed by atoms with E-state index in [1.807, 2.05) is 81.4 Å². The summed E-state index contributed by atoms with van der Waals surface area (Å²) in [5, 5.41) is 17.4. The molecule has 228 valence electrons. The van der Waals surface area contributed by atoms with E-state index in [2.05, 4.69) is 10.5 Å². The van der Waals surface area contributed by atoms with Crippen LogP contribution in [0.3, 0.4) is 0 Å². The zero-order valence-electron chi connectivity index (χ0n) is 25.4. The van der Waals surface area contributed by atoms with E-state index in [0.717, 1.165) is 10.5 Å². The lowest BCUT2D eigenvalue weighted by molar-refractivity contribution is -0.142. The van der Waals surface area contributed by atoms with Crippen LogP contribution in [-0.4, -0.2) is 62.5 Å². The predicted octanol–water partition coefficient (Wildman–Crippen LogP) is 5.83. The molecule has 2 aromatic carbocycles. The van der Waals surface area contributed by atoms with Gasteiger partial charge in [-0.2, -0.15) is 0 Å². The fraction of sp³-hybridized carbons (Fsp3) is 0.424. The van der Waals surface area contributed by atoms with Crippen molar-refractivity contribution >= 4 is 23.7 Å². The standard InChI is InChI=1S/C33H40N4O6/c1-6-7-18-25(29(38)30(39)34-21(2)23-14-10-8-11-15-23)37(32(41)42)26-19-33(4,5)20-36(26)31(40)27-22(3)43-35-28(27)24-16-12-9-13-17-24/h8-17,21,25-26H,6-7,18-20H2,1-5H3,(H,34,39)(H,41,42)/t21?,25-,26?/m0/s1. The summed E-state index contributed by atoms with van der Waals surface area (Å²) in [5.41, 5.74) is 1.64. The molecular formula is C33H40N4O6. The van der Waals surface area contributed by atoms with Crippen molar-refractivity contribution in [2.75, 3.05) is 6.54 Å². The van der Waals surface area contributed by atoms with Gasteiger partial charge in [-0.25, -0.2) is 4.79 Å². The molecule has 3 aromatic rings. The number of ketones is 1. The van der Waals surface area contributed by atoms with Crippen molar-refractivity contribution in [1.82, 2.24) is 20.3 Å². The summed E-state index contributed by atoms with van der Waals surface area (Å²) in [5.74, 6) is -1.84. The summed E-state index contributed by atoms with van der Waals surface area (Å²) in [6, 6.07) is 16.6. The summed E-state index contributed by atoms with van der Waals surface area (Å²) in [6.07, 6.45) is -0.705. The summed E-state index contributed by atoms with van der Waals surface area (Å²) < 4.78 is 5.44. The van der Waals surface area contributed by atoms with Gasteiger partial charge < -0.3 is 19.8 Å². The average Bonchev–Trinajstić information content (AvgIpc) is 3.53. The molecule has 0 radical (unpaired) electrons. The first kappa shape index (κ1) is 31.5. The summed E-state index contributed by atoms with van der Waals surface area (Å²) >= 11 is 0. The maximum Gasteiger partial charge on any atom is 0.409 e. The van der Waals surface area contributed by atoms with Gasteiger partial charge in [0.25, 0.3) is 11.8 Å². The Morgan fingerprint density at radius 1 is 1.09 bits per heavy atom. The highest BCUT2D eigenvalue weighted by Gasteiger charge is 2.49. The number of likely N-dealkylation sites (tertiary alicyclic amines) is 1. The van der Waals surface area contributed by atoms with Gasteiger partial charge in [0.05, 0.1) is 6.04 Å². The molecule has 1 saturated heterocycles. The van der Waals surface area contributed by atoms with Gasteiger partial charge in [0.2, 0.25) is 5.78 Å². The quantitative estimate of drug-likeness (QED) is 0.269. The molecule has 1 aliphatic rings. The molecule has 3 amide bonds. The fourth-order valence-corrected chi connectivity index (χ4v) is 5.76. The zero-order valence-corrected chi connectivity index (χ0v) is 25.4. The molecule has 0 bridgehead atoms. The lowest BCUT2D eigenvalue weighted by Gasteiger charge is -2.37. The Balaban J connectivity index is 1.69. The van der Waals surface area contributed by atoms with E-state index in [9.17, 15) is 24.3 Å². The van der Waals surface area contributed by atoms with Crippen molar-refractivity contribution < 1.29 is 28.8 Å². The highest BCUT2D eigenvalue weighted by atomic mass is 16.5. The molecule has 0 spiro atoms. The summed E-state index contributed by atoms with van der Waals surface area (Å²) in [4.78, 5) is 56.7. The average molecular weight is 589 g/mol. The highest BCUT2D eigenvalue weighted by molar-refractivity contribution is 6.38. The molecule has 2 unspecified atom stereocenters. The minimum atomic E-state index is -1.37. The number of hydrogen-bond acceptors (Lipinski definition) is 6.